The zero-order valence-corrected chi connectivity index (χ0v) is 17.5. The van der Waals surface area contributed by atoms with Crippen LogP contribution in [0.4, 0.5) is 0 Å². The highest BCUT2D eigenvalue weighted by Gasteiger charge is 2.39. The van der Waals surface area contributed by atoms with Crippen molar-refractivity contribution in [1.29, 1.82) is 0 Å². The highest BCUT2D eigenvalue weighted by Crippen LogP contribution is 2.33. The molecule has 1 aliphatic carbocycles. The second kappa shape index (κ2) is 10.6. The second-order valence-electron chi connectivity index (χ2n) is 8.43. The lowest BCUT2D eigenvalue weighted by atomic mass is 9.76. The predicted molar refractivity (Wildman–Crippen MR) is 108 cm³/mol. The van der Waals surface area contributed by atoms with Crippen LogP contribution in [0.1, 0.15) is 51.4 Å². The van der Waals surface area contributed by atoms with E-state index in [2.05, 4.69) is 10.6 Å². The average Bonchev–Trinajstić information content (AvgIpc) is 3.21. The molecule has 2 unspecified atom stereocenters. The van der Waals surface area contributed by atoms with Crippen molar-refractivity contribution in [3.05, 3.63) is 0 Å². The number of halogens is 1. The summed E-state index contributed by atoms with van der Waals surface area (Å²) in [5.74, 6) is 0.0264. The van der Waals surface area contributed by atoms with Crippen molar-refractivity contribution in [2.24, 2.45) is 17.3 Å². The van der Waals surface area contributed by atoms with Crippen LogP contribution in [-0.2, 0) is 14.3 Å². The van der Waals surface area contributed by atoms with Crippen LogP contribution in [0, 0.1) is 17.3 Å². The number of nitrogens with zero attached hydrogens (tertiary/aromatic N) is 1. The lowest BCUT2D eigenvalue weighted by molar-refractivity contribution is -0.143. The number of ether oxygens (including phenoxy) is 1. The van der Waals surface area contributed by atoms with Crippen LogP contribution in [-0.4, -0.2) is 63.2 Å². The first-order chi connectivity index (χ1) is 12.7. The van der Waals surface area contributed by atoms with Gasteiger partial charge in [-0.05, 0) is 51.6 Å². The van der Waals surface area contributed by atoms with Crippen LogP contribution in [0.2, 0.25) is 0 Å². The van der Waals surface area contributed by atoms with Gasteiger partial charge in [0, 0.05) is 44.0 Å². The van der Waals surface area contributed by atoms with Crippen molar-refractivity contribution < 1.29 is 14.3 Å². The van der Waals surface area contributed by atoms with E-state index in [1.54, 1.807) is 7.11 Å². The molecule has 2 N–H and O–H groups in total. The van der Waals surface area contributed by atoms with Crippen LogP contribution in [0.25, 0.3) is 0 Å². The lowest BCUT2D eigenvalue weighted by Crippen LogP contribution is -2.50. The van der Waals surface area contributed by atoms with Gasteiger partial charge in [0.15, 0.2) is 0 Å². The number of amides is 2. The van der Waals surface area contributed by atoms with Crippen molar-refractivity contribution in [1.82, 2.24) is 15.5 Å². The molecule has 2 atom stereocenters. The molecule has 0 aromatic rings. The molecule has 2 saturated heterocycles. The zero-order chi connectivity index (χ0) is 18.4. The molecule has 3 fully saturated rings. The molecule has 2 amide bonds. The first-order valence-corrected chi connectivity index (χ1v) is 10.4. The Hall–Kier alpha value is -0.850. The molecule has 0 aromatic carbocycles. The van der Waals surface area contributed by atoms with Gasteiger partial charge >= 0.3 is 0 Å². The maximum Gasteiger partial charge on any atom is 0.226 e. The van der Waals surface area contributed by atoms with Crippen LogP contribution in [0.3, 0.4) is 0 Å². The van der Waals surface area contributed by atoms with E-state index in [9.17, 15) is 9.59 Å². The van der Waals surface area contributed by atoms with Gasteiger partial charge in [-0.1, -0.05) is 12.8 Å². The van der Waals surface area contributed by atoms with Crippen LogP contribution >= 0.6 is 12.4 Å². The summed E-state index contributed by atoms with van der Waals surface area (Å²) in [4.78, 5) is 27.9. The maximum absolute atomic E-state index is 13.0. The molecule has 7 heteroatoms. The highest BCUT2D eigenvalue weighted by molar-refractivity contribution is 5.88. The largest absolute Gasteiger partial charge is 0.384 e. The molecule has 0 radical (unpaired) electrons. The van der Waals surface area contributed by atoms with Gasteiger partial charge in [-0.25, -0.2) is 0 Å². The summed E-state index contributed by atoms with van der Waals surface area (Å²) in [5.41, 5.74) is 0.0266. The molecule has 1 saturated carbocycles. The summed E-state index contributed by atoms with van der Waals surface area (Å²) in [7, 11) is 1.73. The Bertz CT molecular complexity index is 485. The minimum atomic E-state index is -0.154. The number of nitrogens with one attached hydrogen (secondary N) is 2. The van der Waals surface area contributed by atoms with Gasteiger partial charge in [-0.3, -0.25) is 9.59 Å². The second-order valence-corrected chi connectivity index (χ2v) is 8.43. The third kappa shape index (κ3) is 5.58. The normalized spacial score (nSPS) is 27.7. The first kappa shape index (κ1) is 22.4. The van der Waals surface area contributed by atoms with Gasteiger partial charge in [0.2, 0.25) is 11.8 Å². The Balaban J connectivity index is 0.00000261. The molecule has 2 aliphatic heterocycles. The fraction of sp³-hybridized carbons (Fsp3) is 0.900. The molecule has 3 rings (SSSR count). The van der Waals surface area contributed by atoms with E-state index < -0.39 is 0 Å². The van der Waals surface area contributed by atoms with E-state index in [0.29, 0.717) is 13.2 Å². The third-order valence-corrected chi connectivity index (χ3v) is 6.59. The minimum absolute atomic E-state index is 0. The number of hydrogen-bond donors (Lipinski definition) is 2. The maximum atomic E-state index is 13.0. The molecule has 0 aromatic heterocycles. The number of piperidine rings is 1. The van der Waals surface area contributed by atoms with Gasteiger partial charge in [-0.2, -0.15) is 0 Å². The van der Waals surface area contributed by atoms with Crippen LogP contribution < -0.4 is 10.6 Å². The van der Waals surface area contributed by atoms with E-state index in [1.807, 2.05) is 4.90 Å². The minimum Gasteiger partial charge on any atom is -0.384 e. The Morgan fingerprint density at radius 1 is 1.07 bits per heavy atom. The van der Waals surface area contributed by atoms with Crippen LogP contribution in [0.5, 0.6) is 0 Å². The van der Waals surface area contributed by atoms with Crippen molar-refractivity contribution in [2.45, 2.75) is 51.4 Å². The van der Waals surface area contributed by atoms with Crippen LogP contribution in [0.15, 0.2) is 0 Å². The topological polar surface area (TPSA) is 70.7 Å². The molecular weight excluding hydrogens is 366 g/mol. The van der Waals surface area contributed by atoms with Crippen molar-refractivity contribution in [3.8, 4) is 0 Å². The smallest absolute Gasteiger partial charge is 0.226 e. The Morgan fingerprint density at radius 3 is 2.33 bits per heavy atom. The molecular formula is C20H36ClN3O3. The third-order valence-electron chi connectivity index (χ3n) is 6.59. The summed E-state index contributed by atoms with van der Waals surface area (Å²) in [6.07, 6.45) is 8.05. The monoisotopic (exact) mass is 401 g/mol. The van der Waals surface area contributed by atoms with Crippen molar-refractivity contribution >= 4 is 24.2 Å². The van der Waals surface area contributed by atoms with Gasteiger partial charge in [-0.15, -0.1) is 12.4 Å². The van der Waals surface area contributed by atoms with Gasteiger partial charge in [0.25, 0.3) is 0 Å². The number of likely N-dealkylation sites (tertiary alicyclic amines) is 1. The first-order valence-electron chi connectivity index (χ1n) is 10.4. The summed E-state index contributed by atoms with van der Waals surface area (Å²) in [6.45, 7) is 5.01. The fourth-order valence-corrected chi connectivity index (χ4v) is 4.95. The Labute approximate surface area is 169 Å². The average molecular weight is 402 g/mol. The molecule has 0 bridgehead atoms. The number of rotatable bonds is 6. The summed E-state index contributed by atoms with van der Waals surface area (Å²) < 4.78 is 5.45. The number of methoxy groups -OCH3 is 1. The number of carbonyl (C=O) groups excluding carboxylic acids is 2. The summed E-state index contributed by atoms with van der Waals surface area (Å²) >= 11 is 0. The predicted octanol–water partition coefficient (Wildman–Crippen LogP) is 1.97. The quantitative estimate of drug-likeness (QED) is 0.713. The van der Waals surface area contributed by atoms with E-state index in [1.165, 1.54) is 0 Å². The molecule has 0 spiro atoms. The molecule has 27 heavy (non-hydrogen) atoms. The number of hydrogen-bond acceptors (Lipinski definition) is 4. The lowest BCUT2D eigenvalue weighted by Gasteiger charge is -2.38. The fourth-order valence-electron chi connectivity index (χ4n) is 4.95. The summed E-state index contributed by atoms with van der Waals surface area (Å²) in [5, 5.41) is 6.59. The number of carbonyl (C=O) groups is 2. The van der Waals surface area contributed by atoms with Crippen molar-refractivity contribution in [3.63, 3.8) is 0 Å². The van der Waals surface area contributed by atoms with E-state index in [-0.39, 0.29) is 41.5 Å². The van der Waals surface area contributed by atoms with Gasteiger partial charge < -0.3 is 20.3 Å². The standard InChI is InChI=1S/C20H35N3O3.ClH/c1-26-15-20(8-10-21-11-9-20)14-22-18(24)16-6-2-3-7-17(16)19(25)23-12-4-5-13-23;/h16-17,21H,2-15H2,1H3,(H,22,24);1H. The Morgan fingerprint density at radius 2 is 1.70 bits per heavy atom. The molecule has 6 nitrogen and oxygen atoms in total. The van der Waals surface area contributed by atoms with Gasteiger partial charge in [0.1, 0.15) is 0 Å². The zero-order valence-electron chi connectivity index (χ0n) is 16.6. The van der Waals surface area contributed by atoms with Gasteiger partial charge in [0.05, 0.1) is 6.61 Å². The SMILES string of the molecule is COCC1(CNC(=O)C2CCCCC2C(=O)N2CCCC2)CCNCC1.Cl. The van der Waals surface area contributed by atoms with E-state index in [4.69, 9.17) is 4.74 Å². The Kier molecular flexibility index (Phi) is 8.83. The highest BCUT2D eigenvalue weighted by atomic mass is 35.5. The van der Waals surface area contributed by atoms with Crippen molar-refractivity contribution in [2.75, 3.05) is 46.4 Å². The summed E-state index contributed by atoms with van der Waals surface area (Å²) in [6, 6.07) is 0. The molecule has 156 valence electrons. The molecule has 2 heterocycles. The molecule has 3 aliphatic rings. The van der Waals surface area contributed by atoms with E-state index in [0.717, 1.165) is 77.5 Å². The van der Waals surface area contributed by atoms with E-state index >= 15 is 0 Å².